The fourth-order valence-corrected chi connectivity index (χ4v) is 8.01. The number of hydrogen-bond acceptors (Lipinski definition) is 4. The standard InChI is InChI=1S/C29H33N3O/c1-27-11-10-23-15-22-6-7-24(32(2)3)16-28(22)12-13-29(23,33-28)26(27)9-8-25(27)19-4-5-20-17-30-31-18-21(20)14-19/h4-5,8,10,14-15,17-18,24,26H,6-7,9,11-13,16H2,1-3H3/t24-,26+,27+,28+,29+/m0/s1. The molecule has 1 saturated carbocycles. The third-order valence-corrected chi connectivity index (χ3v) is 9.83. The Labute approximate surface area is 196 Å². The molecule has 7 rings (SSSR count). The zero-order valence-electron chi connectivity index (χ0n) is 20.0. The van der Waals surface area contributed by atoms with Crippen molar-refractivity contribution in [1.82, 2.24) is 15.1 Å². The molecule has 2 spiro atoms. The van der Waals surface area contributed by atoms with Crippen LogP contribution in [-0.4, -0.2) is 46.4 Å². The van der Waals surface area contributed by atoms with Crippen molar-refractivity contribution in [3.63, 3.8) is 0 Å². The van der Waals surface area contributed by atoms with E-state index in [4.69, 9.17) is 4.74 Å². The second kappa shape index (κ2) is 6.64. The second-order valence-electron chi connectivity index (χ2n) is 11.5. The second-order valence-corrected chi connectivity index (χ2v) is 11.5. The van der Waals surface area contributed by atoms with E-state index in [-0.39, 0.29) is 16.6 Å². The summed E-state index contributed by atoms with van der Waals surface area (Å²) in [6.45, 7) is 2.49. The summed E-state index contributed by atoms with van der Waals surface area (Å²) in [5.74, 6) is 0.503. The normalized spacial score (nSPS) is 39.0. The van der Waals surface area contributed by atoms with Crippen molar-refractivity contribution >= 4 is 16.3 Å². The van der Waals surface area contributed by atoms with Gasteiger partial charge in [0, 0.05) is 28.1 Å². The van der Waals surface area contributed by atoms with Gasteiger partial charge in [0.25, 0.3) is 0 Å². The fraction of sp³-hybridized carbons (Fsp3) is 0.517. The van der Waals surface area contributed by atoms with Gasteiger partial charge in [-0.25, -0.2) is 0 Å². The number of benzene rings is 1. The van der Waals surface area contributed by atoms with Crippen LogP contribution in [-0.2, 0) is 4.74 Å². The number of rotatable bonds is 2. The first-order valence-electron chi connectivity index (χ1n) is 12.6. The van der Waals surface area contributed by atoms with Crippen molar-refractivity contribution in [3.05, 3.63) is 65.5 Å². The van der Waals surface area contributed by atoms with Crippen molar-refractivity contribution in [2.75, 3.05) is 14.1 Å². The van der Waals surface area contributed by atoms with Gasteiger partial charge in [0.15, 0.2) is 0 Å². The first kappa shape index (κ1) is 20.1. The lowest BCUT2D eigenvalue weighted by molar-refractivity contribution is -0.134. The van der Waals surface area contributed by atoms with Crippen molar-refractivity contribution in [2.24, 2.45) is 11.3 Å². The molecule has 1 aromatic heterocycles. The number of aromatic nitrogens is 2. The Bertz CT molecular complexity index is 1260. The van der Waals surface area contributed by atoms with Crippen molar-refractivity contribution in [3.8, 4) is 0 Å². The molecule has 2 fully saturated rings. The molecule has 3 heterocycles. The third kappa shape index (κ3) is 2.60. The molecule has 5 atom stereocenters. The molecular weight excluding hydrogens is 406 g/mol. The first-order valence-corrected chi connectivity index (χ1v) is 12.6. The minimum Gasteiger partial charge on any atom is -0.359 e. The molecule has 33 heavy (non-hydrogen) atoms. The summed E-state index contributed by atoms with van der Waals surface area (Å²) in [5, 5.41) is 10.5. The maximum absolute atomic E-state index is 7.38. The molecule has 170 valence electrons. The Morgan fingerprint density at radius 1 is 1.06 bits per heavy atom. The van der Waals surface area contributed by atoms with E-state index in [1.165, 1.54) is 41.4 Å². The van der Waals surface area contributed by atoms with Gasteiger partial charge in [-0.3, -0.25) is 0 Å². The van der Waals surface area contributed by atoms with Gasteiger partial charge in [0.1, 0.15) is 0 Å². The smallest absolute Gasteiger partial charge is 0.0980 e. The van der Waals surface area contributed by atoms with Crippen LogP contribution in [0.1, 0.15) is 57.4 Å². The van der Waals surface area contributed by atoms with E-state index < -0.39 is 0 Å². The average Bonchev–Trinajstić information content (AvgIpc) is 3.33. The summed E-state index contributed by atoms with van der Waals surface area (Å²) in [6.07, 6.45) is 19.5. The minimum absolute atomic E-state index is 0.0346. The summed E-state index contributed by atoms with van der Waals surface area (Å²) in [4.78, 5) is 2.41. The predicted octanol–water partition coefficient (Wildman–Crippen LogP) is 5.71. The lowest BCUT2D eigenvalue weighted by atomic mass is 9.58. The van der Waals surface area contributed by atoms with Crippen molar-refractivity contribution < 1.29 is 4.74 Å². The number of fused-ring (bicyclic) bond motifs is 2. The molecule has 0 amide bonds. The Balaban J connectivity index is 1.28. The molecule has 1 aromatic carbocycles. The molecule has 0 N–H and O–H groups in total. The van der Waals surface area contributed by atoms with E-state index >= 15 is 0 Å². The van der Waals surface area contributed by atoms with Gasteiger partial charge in [-0.1, -0.05) is 37.3 Å². The van der Waals surface area contributed by atoms with E-state index in [1.54, 1.807) is 5.57 Å². The number of hydrogen-bond donors (Lipinski definition) is 0. The quantitative estimate of drug-likeness (QED) is 0.601. The van der Waals surface area contributed by atoms with E-state index in [0.717, 1.165) is 31.1 Å². The highest BCUT2D eigenvalue weighted by molar-refractivity contribution is 5.86. The summed E-state index contributed by atoms with van der Waals surface area (Å²) in [6, 6.07) is 7.40. The van der Waals surface area contributed by atoms with Gasteiger partial charge in [0.05, 0.1) is 23.6 Å². The van der Waals surface area contributed by atoms with Crippen molar-refractivity contribution in [2.45, 2.75) is 69.1 Å². The Hall–Kier alpha value is -2.30. The number of allylic oxidation sites excluding steroid dienone is 3. The van der Waals surface area contributed by atoms with Crippen LogP contribution >= 0.6 is 0 Å². The van der Waals surface area contributed by atoms with Crippen LogP contribution in [0, 0.1) is 11.3 Å². The maximum atomic E-state index is 7.38. The number of ether oxygens (including phenoxy) is 1. The monoisotopic (exact) mass is 439 g/mol. The molecule has 4 heteroatoms. The van der Waals surface area contributed by atoms with Crippen LogP contribution in [0.25, 0.3) is 16.3 Å². The molecule has 2 aromatic rings. The third-order valence-electron chi connectivity index (χ3n) is 9.83. The molecule has 5 aliphatic rings. The first-order chi connectivity index (χ1) is 15.9. The highest BCUT2D eigenvalue weighted by Gasteiger charge is 2.65. The van der Waals surface area contributed by atoms with Gasteiger partial charge in [0.2, 0.25) is 0 Å². The molecule has 0 unspecified atom stereocenters. The topological polar surface area (TPSA) is 38.2 Å². The van der Waals surface area contributed by atoms with E-state index in [0.29, 0.717) is 12.0 Å². The van der Waals surface area contributed by atoms with Gasteiger partial charge in [-0.05, 0) is 87.4 Å². The largest absolute Gasteiger partial charge is 0.359 e. The highest BCUT2D eigenvalue weighted by Crippen LogP contribution is 2.67. The van der Waals surface area contributed by atoms with Crippen LogP contribution in [0.4, 0.5) is 0 Å². The Morgan fingerprint density at radius 3 is 2.76 bits per heavy atom. The van der Waals surface area contributed by atoms with Crippen LogP contribution < -0.4 is 0 Å². The molecule has 2 aliphatic heterocycles. The van der Waals surface area contributed by atoms with Crippen LogP contribution in [0.5, 0.6) is 0 Å². The van der Waals surface area contributed by atoms with Crippen molar-refractivity contribution in [1.29, 1.82) is 0 Å². The minimum atomic E-state index is -0.120. The number of nitrogens with zero attached hydrogens (tertiary/aromatic N) is 3. The van der Waals surface area contributed by atoms with E-state index in [9.17, 15) is 0 Å². The summed E-state index contributed by atoms with van der Waals surface area (Å²) in [7, 11) is 4.46. The summed E-state index contributed by atoms with van der Waals surface area (Å²) >= 11 is 0. The highest BCUT2D eigenvalue weighted by atomic mass is 16.5. The average molecular weight is 440 g/mol. The SMILES string of the molecule is CN(C)[C@H]1CCC2=CC3=CC[C@]4(C)C(c5ccc6cnncc6c5)=CC[C@H]4[C@@]34CC[C@]2(C1)O4. The summed E-state index contributed by atoms with van der Waals surface area (Å²) in [5.41, 5.74) is 5.83. The molecule has 2 bridgehead atoms. The van der Waals surface area contributed by atoms with Gasteiger partial charge in [-0.15, -0.1) is 0 Å². The van der Waals surface area contributed by atoms with Gasteiger partial charge < -0.3 is 9.64 Å². The lowest BCUT2D eigenvalue weighted by Crippen LogP contribution is -2.54. The predicted molar refractivity (Wildman–Crippen MR) is 132 cm³/mol. The molecule has 1 saturated heterocycles. The lowest BCUT2D eigenvalue weighted by Gasteiger charge is -2.54. The van der Waals surface area contributed by atoms with E-state index in [2.05, 4.69) is 72.5 Å². The molecular formula is C29H33N3O. The summed E-state index contributed by atoms with van der Waals surface area (Å²) < 4.78 is 7.38. The Kier molecular flexibility index (Phi) is 4.05. The van der Waals surface area contributed by atoms with Crippen LogP contribution in [0.2, 0.25) is 0 Å². The van der Waals surface area contributed by atoms with Gasteiger partial charge in [-0.2, -0.15) is 10.2 Å². The molecule has 0 radical (unpaired) electrons. The van der Waals surface area contributed by atoms with Crippen LogP contribution in [0.15, 0.2) is 60.0 Å². The Morgan fingerprint density at radius 2 is 1.91 bits per heavy atom. The zero-order chi connectivity index (χ0) is 22.4. The molecule has 3 aliphatic carbocycles. The maximum Gasteiger partial charge on any atom is 0.0980 e. The zero-order valence-corrected chi connectivity index (χ0v) is 20.0. The molecule has 4 nitrogen and oxygen atoms in total. The fourth-order valence-electron chi connectivity index (χ4n) is 8.01. The van der Waals surface area contributed by atoms with E-state index in [1.807, 2.05) is 12.4 Å². The van der Waals surface area contributed by atoms with Gasteiger partial charge >= 0.3 is 0 Å². The van der Waals surface area contributed by atoms with Crippen LogP contribution in [0.3, 0.4) is 0 Å².